The van der Waals surface area contributed by atoms with E-state index in [-0.39, 0.29) is 11.1 Å². The van der Waals surface area contributed by atoms with Gasteiger partial charge in [-0.15, -0.1) is 0 Å². The van der Waals surface area contributed by atoms with Crippen molar-refractivity contribution in [1.82, 2.24) is 14.4 Å². The molecule has 0 bridgehead atoms. The summed E-state index contributed by atoms with van der Waals surface area (Å²) in [5.41, 5.74) is 2.80. The summed E-state index contributed by atoms with van der Waals surface area (Å²) < 4.78 is 41.6. The molecular formula is C30H41F3N4O. The fourth-order valence-electron chi connectivity index (χ4n) is 5.39. The molecule has 8 heteroatoms. The van der Waals surface area contributed by atoms with Crippen molar-refractivity contribution in [3.63, 3.8) is 0 Å². The summed E-state index contributed by atoms with van der Waals surface area (Å²) in [6, 6.07) is 6.60. The third kappa shape index (κ3) is 8.08. The van der Waals surface area contributed by atoms with E-state index in [0.717, 1.165) is 74.5 Å². The second-order valence-corrected chi connectivity index (χ2v) is 11.3. The number of alkyl halides is 3. The molecule has 208 valence electrons. The predicted molar refractivity (Wildman–Crippen MR) is 149 cm³/mol. The Morgan fingerprint density at radius 1 is 1.08 bits per heavy atom. The molecule has 0 aliphatic heterocycles. The van der Waals surface area contributed by atoms with Crippen molar-refractivity contribution in [3.8, 4) is 0 Å². The van der Waals surface area contributed by atoms with Gasteiger partial charge in [0, 0.05) is 36.7 Å². The van der Waals surface area contributed by atoms with E-state index in [2.05, 4.69) is 72.9 Å². The highest BCUT2D eigenvalue weighted by molar-refractivity contribution is 6.06. The molecule has 1 N–H and O–H groups in total. The van der Waals surface area contributed by atoms with E-state index < -0.39 is 17.6 Å². The van der Waals surface area contributed by atoms with Crippen LogP contribution in [-0.4, -0.2) is 61.1 Å². The Labute approximate surface area is 225 Å². The van der Waals surface area contributed by atoms with Gasteiger partial charge in [0.1, 0.15) is 0 Å². The molecule has 0 unspecified atom stereocenters. The first-order chi connectivity index (χ1) is 17.8. The van der Waals surface area contributed by atoms with Crippen LogP contribution in [0.3, 0.4) is 0 Å². The fraction of sp³-hybridized carbons (Fsp3) is 0.500. The number of benzene rings is 1. The van der Waals surface area contributed by atoms with Crippen LogP contribution in [-0.2, 0) is 12.7 Å². The number of carbonyl (C=O) groups excluding carboxylic acids is 1. The van der Waals surface area contributed by atoms with Crippen molar-refractivity contribution < 1.29 is 18.0 Å². The molecule has 5 nitrogen and oxygen atoms in total. The molecule has 0 atom stereocenters. The fourth-order valence-corrected chi connectivity index (χ4v) is 5.39. The van der Waals surface area contributed by atoms with E-state index in [1.807, 2.05) is 13.0 Å². The highest BCUT2D eigenvalue weighted by atomic mass is 19.4. The number of nitrogens with zero attached hydrogens (tertiary/aromatic N) is 3. The van der Waals surface area contributed by atoms with E-state index >= 15 is 0 Å². The zero-order valence-corrected chi connectivity index (χ0v) is 23.5. The lowest BCUT2D eigenvalue weighted by Crippen LogP contribution is -2.39. The zero-order valence-electron chi connectivity index (χ0n) is 23.5. The Balaban J connectivity index is 1.78. The van der Waals surface area contributed by atoms with Crippen molar-refractivity contribution in [1.29, 1.82) is 0 Å². The van der Waals surface area contributed by atoms with Gasteiger partial charge in [-0.25, -0.2) is 0 Å². The second-order valence-electron chi connectivity index (χ2n) is 11.3. The minimum absolute atomic E-state index is 0.122. The van der Waals surface area contributed by atoms with Crippen molar-refractivity contribution in [3.05, 3.63) is 71.1 Å². The van der Waals surface area contributed by atoms with Crippen LogP contribution in [0.15, 0.2) is 48.6 Å². The summed E-state index contributed by atoms with van der Waals surface area (Å²) >= 11 is 0. The van der Waals surface area contributed by atoms with Crippen LogP contribution in [0, 0.1) is 12.3 Å². The molecule has 3 rings (SSSR count). The first-order valence-electron chi connectivity index (χ1n) is 13.2. The van der Waals surface area contributed by atoms with Gasteiger partial charge in [0.25, 0.3) is 5.91 Å². The smallest absolute Gasteiger partial charge is 0.344 e. The van der Waals surface area contributed by atoms with E-state index in [9.17, 15) is 18.0 Å². The van der Waals surface area contributed by atoms with Crippen molar-refractivity contribution in [2.24, 2.45) is 5.41 Å². The number of carbonyl (C=O) groups is 1. The topological polar surface area (TPSA) is 40.5 Å². The summed E-state index contributed by atoms with van der Waals surface area (Å²) in [5, 5.41) is 2.67. The van der Waals surface area contributed by atoms with Crippen LogP contribution in [0.1, 0.15) is 60.4 Å². The van der Waals surface area contributed by atoms with Gasteiger partial charge >= 0.3 is 6.18 Å². The van der Waals surface area contributed by atoms with Crippen LogP contribution in [0.4, 0.5) is 18.9 Å². The lowest BCUT2D eigenvalue weighted by Gasteiger charge is -2.32. The minimum Gasteiger partial charge on any atom is -0.344 e. The van der Waals surface area contributed by atoms with Gasteiger partial charge in [-0.05, 0) is 89.1 Å². The van der Waals surface area contributed by atoms with Crippen molar-refractivity contribution in [2.75, 3.05) is 46.1 Å². The number of nitrogens with one attached hydrogen (secondary N) is 1. The lowest BCUT2D eigenvalue weighted by atomic mass is 9.92. The Bertz CT molecular complexity index is 1170. The lowest BCUT2D eigenvalue weighted by molar-refractivity contribution is -0.137. The highest BCUT2D eigenvalue weighted by Crippen LogP contribution is 2.31. The Kier molecular flexibility index (Phi) is 9.65. The van der Waals surface area contributed by atoms with Crippen LogP contribution in [0.5, 0.6) is 0 Å². The van der Waals surface area contributed by atoms with E-state index in [0.29, 0.717) is 5.56 Å². The van der Waals surface area contributed by atoms with Gasteiger partial charge in [-0.1, -0.05) is 38.1 Å². The molecule has 1 aliphatic carbocycles. The maximum atomic E-state index is 13.2. The molecular weight excluding hydrogens is 489 g/mol. The Morgan fingerprint density at radius 2 is 1.82 bits per heavy atom. The van der Waals surface area contributed by atoms with Crippen molar-refractivity contribution in [2.45, 2.75) is 52.8 Å². The van der Waals surface area contributed by atoms with Gasteiger partial charge in [-0.3, -0.25) is 4.79 Å². The Morgan fingerprint density at radius 3 is 2.45 bits per heavy atom. The molecule has 1 aromatic carbocycles. The quantitative estimate of drug-likeness (QED) is 0.351. The monoisotopic (exact) mass is 530 g/mol. The number of anilines is 1. The largest absolute Gasteiger partial charge is 0.416 e. The number of amides is 1. The van der Waals surface area contributed by atoms with Crippen LogP contribution in [0.25, 0.3) is 5.57 Å². The average Bonchev–Trinajstić information content (AvgIpc) is 3.14. The van der Waals surface area contributed by atoms with E-state index in [4.69, 9.17) is 0 Å². The van der Waals surface area contributed by atoms with Crippen LogP contribution >= 0.6 is 0 Å². The molecule has 0 fully saturated rings. The summed E-state index contributed by atoms with van der Waals surface area (Å²) in [4.78, 5) is 17.8. The summed E-state index contributed by atoms with van der Waals surface area (Å²) in [5.74, 6) is -0.412. The zero-order chi connectivity index (χ0) is 28.1. The molecule has 1 aromatic heterocycles. The maximum Gasteiger partial charge on any atom is 0.416 e. The Hall–Kier alpha value is -2.84. The van der Waals surface area contributed by atoms with Crippen LogP contribution in [0.2, 0.25) is 0 Å². The first-order valence-corrected chi connectivity index (χ1v) is 13.2. The van der Waals surface area contributed by atoms with Crippen molar-refractivity contribution >= 4 is 17.2 Å². The molecule has 1 amide bonds. The summed E-state index contributed by atoms with van der Waals surface area (Å²) in [6.07, 6.45) is 4.75. The number of allylic oxidation sites excluding steroid dienone is 4. The number of rotatable bonds is 11. The van der Waals surface area contributed by atoms with Gasteiger partial charge < -0.3 is 19.7 Å². The van der Waals surface area contributed by atoms with E-state index in [1.165, 1.54) is 12.1 Å². The number of hydrogen-bond acceptors (Lipinski definition) is 3. The molecule has 2 aromatic rings. The molecule has 0 saturated carbocycles. The summed E-state index contributed by atoms with van der Waals surface area (Å²) in [7, 11) is 6.32. The molecule has 0 saturated heterocycles. The molecule has 1 aliphatic rings. The van der Waals surface area contributed by atoms with Gasteiger partial charge in [0.2, 0.25) is 0 Å². The standard InChI is InChI=1S/C30H41F3N4O/c1-22-26(28(38)34-25-15-10-14-24(18-25)30(31,32)33)19-27(23-12-8-7-9-13-23)37(22)17-11-16-36(6)21-29(2,3)20-35(4)5/h8,10,12-15,18-19H,7,9,11,16-17,20-21H2,1-6H3,(H,34,38). The molecule has 0 spiro atoms. The average molecular weight is 531 g/mol. The minimum atomic E-state index is -4.47. The van der Waals surface area contributed by atoms with Gasteiger partial charge in [-0.2, -0.15) is 13.2 Å². The molecule has 38 heavy (non-hydrogen) atoms. The predicted octanol–water partition coefficient (Wildman–Crippen LogP) is 6.71. The van der Waals surface area contributed by atoms with Crippen LogP contribution < -0.4 is 5.32 Å². The van der Waals surface area contributed by atoms with E-state index in [1.54, 1.807) is 0 Å². The first kappa shape index (κ1) is 29.7. The third-order valence-electron chi connectivity index (χ3n) is 6.71. The van der Waals surface area contributed by atoms with Gasteiger partial charge in [0.15, 0.2) is 0 Å². The third-order valence-corrected chi connectivity index (χ3v) is 6.71. The number of aromatic nitrogens is 1. The number of halogens is 3. The number of hydrogen-bond donors (Lipinski definition) is 1. The SMILES string of the molecule is Cc1c(C(=O)Nc2cccc(C(F)(F)F)c2)cc(C2=CCCC=C2)n1CCCN(C)CC(C)(C)CN(C)C. The second kappa shape index (κ2) is 12.3. The summed E-state index contributed by atoms with van der Waals surface area (Å²) in [6.45, 7) is 10.1. The molecule has 1 heterocycles. The highest BCUT2D eigenvalue weighted by Gasteiger charge is 2.30. The van der Waals surface area contributed by atoms with Gasteiger partial charge in [0.05, 0.1) is 11.1 Å². The molecule has 0 radical (unpaired) electrons. The maximum absolute atomic E-state index is 13.2. The normalized spacial score (nSPS) is 14.3.